The van der Waals surface area contributed by atoms with Gasteiger partial charge >= 0.3 is 0 Å². The zero-order valence-corrected chi connectivity index (χ0v) is 15.5. The van der Waals surface area contributed by atoms with E-state index in [9.17, 15) is 4.79 Å². The predicted octanol–water partition coefficient (Wildman–Crippen LogP) is 4.11. The van der Waals surface area contributed by atoms with Gasteiger partial charge in [0.25, 0.3) is 5.91 Å². The van der Waals surface area contributed by atoms with Crippen LogP contribution in [0.5, 0.6) is 5.75 Å². The molecule has 0 bridgehead atoms. The molecule has 1 N–H and O–H groups in total. The number of ether oxygens (including phenoxy) is 1. The number of nitrogens with one attached hydrogen (secondary N) is 1. The van der Waals surface area contributed by atoms with Crippen LogP contribution < -0.4 is 10.1 Å². The summed E-state index contributed by atoms with van der Waals surface area (Å²) in [4.78, 5) is 12.2. The van der Waals surface area contributed by atoms with Gasteiger partial charge in [-0.2, -0.15) is 11.8 Å². The number of carbonyl (C=O) groups is 1. The minimum Gasteiger partial charge on any atom is -0.481 e. The summed E-state index contributed by atoms with van der Waals surface area (Å²) in [6, 6.07) is 5.93. The quantitative estimate of drug-likeness (QED) is 0.768. The van der Waals surface area contributed by atoms with Gasteiger partial charge in [-0.05, 0) is 43.5 Å². The molecule has 22 heavy (non-hydrogen) atoms. The van der Waals surface area contributed by atoms with Crippen LogP contribution in [0, 0.1) is 13.8 Å². The van der Waals surface area contributed by atoms with Crippen molar-refractivity contribution in [3.8, 4) is 5.75 Å². The smallest absolute Gasteiger partial charge is 0.261 e. The average molecular weight is 324 g/mol. The number of carbonyl (C=O) groups excluding carboxylic acids is 1. The van der Waals surface area contributed by atoms with Crippen LogP contribution >= 0.6 is 11.8 Å². The van der Waals surface area contributed by atoms with E-state index in [2.05, 4.69) is 33.0 Å². The van der Waals surface area contributed by atoms with Crippen molar-refractivity contribution < 1.29 is 9.53 Å². The third kappa shape index (κ3) is 6.73. The average Bonchev–Trinajstić information content (AvgIpc) is 2.43. The van der Waals surface area contributed by atoms with Gasteiger partial charge in [0.1, 0.15) is 5.75 Å². The van der Waals surface area contributed by atoms with Gasteiger partial charge in [0.15, 0.2) is 6.10 Å². The minimum atomic E-state index is -0.429. The van der Waals surface area contributed by atoms with Crippen molar-refractivity contribution in [1.29, 1.82) is 0 Å². The molecule has 0 unspecified atom stereocenters. The monoisotopic (exact) mass is 323 g/mol. The summed E-state index contributed by atoms with van der Waals surface area (Å²) in [6.45, 7) is 13.3. The molecule has 0 fully saturated rings. The second-order valence-electron chi connectivity index (χ2n) is 6.51. The Hall–Kier alpha value is -1.16. The van der Waals surface area contributed by atoms with Crippen molar-refractivity contribution in [2.75, 3.05) is 12.3 Å². The van der Waals surface area contributed by atoms with Crippen LogP contribution in [0.2, 0.25) is 0 Å². The van der Waals surface area contributed by atoms with E-state index in [0.29, 0.717) is 13.0 Å². The van der Waals surface area contributed by atoms with E-state index < -0.39 is 6.10 Å². The van der Waals surface area contributed by atoms with Crippen LogP contribution in [-0.2, 0) is 4.79 Å². The lowest BCUT2D eigenvalue weighted by molar-refractivity contribution is -0.127. The standard InChI is InChI=1S/C18H29NO2S/c1-7-16(17(20)19-10-11-22-18(4,5)6)21-15-9-8-13(2)14(3)12-15/h8-9,12,16H,7,10-11H2,1-6H3,(H,19,20)/t16-/m0/s1. The maximum absolute atomic E-state index is 12.2. The molecule has 4 heteroatoms. The molecule has 3 nitrogen and oxygen atoms in total. The fourth-order valence-electron chi connectivity index (χ4n) is 1.92. The summed E-state index contributed by atoms with van der Waals surface area (Å²) < 4.78 is 6.07. The van der Waals surface area contributed by atoms with Crippen LogP contribution in [-0.4, -0.2) is 29.1 Å². The lowest BCUT2D eigenvalue weighted by atomic mass is 10.1. The number of benzene rings is 1. The van der Waals surface area contributed by atoms with E-state index in [1.54, 1.807) is 0 Å². The fraction of sp³-hybridized carbons (Fsp3) is 0.611. The SMILES string of the molecule is CC[C@H](Oc1ccc(C)c(C)c1)C(=O)NCCSC(C)(C)C. The number of hydrogen-bond acceptors (Lipinski definition) is 3. The highest BCUT2D eigenvalue weighted by Crippen LogP contribution is 2.22. The largest absolute Gasteiger partial charge is 0.481 e. The fourth-order valence-corrected chi connectivity index (χ4v) is 2.74. The van der Waals surface area contributed by atoms with Crippen molar-refractivity contribution in [1.82, 2.24) is 5.32 Å². The van der Waals surface area contributed by atoms with Gasteiger partial charge in [-0.3, -0.25) is 4.79 Å². The van der Waals surface area contributed by atoms with Gasteiger partial charge in [-0.25, -0.2) is 0 Å². The number of amides is 1. The van der Waals surface area contributed by atoms with Crippen LogP contribution in [0.4, 0.5) is 0 Å². The second kappa shape index (κ2) is 8.47. The molecular weight excluding hydrogens is 294 g/mol. The molecular formula is C18H29NO2S. The number of thioether (sulfide) groups is 1. The molecule has 1 amide bonds. The molecule has 0 aromatic heterocycles. The molecule has 0 radical (unpaired) electrons. The number of aryl methyl sites for hydroxylation is 2. The van der Waals surface area contributed by atoms with Crippen LogP contribution in [0.25, 0.3) is 0 Å². The molecule has 1 atom stereocenters. The van der Waals surface area contributed by atoms with E-state index in [1.807, 2.05) is 43.8 Å². The lowest BCUT2D eigenvalue weighted by Gasteiger charge is -2.20. The molecule has 0 saturated carbocycles. The number of hydrogen-bond donors (Lipinski definition) is 1. The Labute approximate surface area is 139 Å². The Kier molecular flexibility index (Phi) is 7.27. The zero-order valence-electron chi connectivity index (χ0n) is 14.7. The van der Waals surface area contributed by atoms with Crippen molar-refractivity contribution in [3.05, 3.63) is 29.3 Å². The highest BCUT2D eigenvalue weighted by molar-refractivity contribution is 8.00. The Morgan fingerprint density at radius 3 is 2.50 bits per heavy atom. The van der Waals surface area contributed by atoms with Crippen molar-refractivity contribution in [2.45, 2.75) is 58.8 Å². The first kappa shape index (κ1) is 18.9. The third-order valence-corrected chi connectivity index (χ3v) is 4.63. The van der Waals surface area contributed by atoms with Crippen LogP contribution in [0.1, 0.15) is 45.2 Å². The molecule has 1 rings (SSSR count). The van der Waals surface area contributed by atoms with E-state index in [4.69, 9.17) is 4.74 Å². The maximum Gasteiger partial charge on any atom is 0.261 e. The summed E-state index contributed by atoms with van der Waals surface area (Å²) in [7, 11) is 0. The predicted molar refractivity (Wildman–Crippen MR) is 95.8 cm³/mol. The highest BCUT2D eigenvalue weighted by Gasteiger charge is 2.18. The number of rotatable bonds is 7. The van der Waals surface area contributed by atoms with Gasteiger partial charge in [0.2, 0.25) is 0 Å². The molecule has 0 aliphatic carbocycles. The zero-order chi connectivity index (χ0) is 16.8. The molecule has 0 aliphatic rings. The molecule has 1 aromatic rings. The summed E-state index contributed by atoms with van der Waals surface area (Å²) in [5.74, 6) is 1.64. The van der Waals surface area contributed by atoms with E-state index in [-0.39, 0.29) is 10.7 Å². The van der Waals surface area contributed by atoms with Gasteiger partial charge in [-0.1, -0.05) is 33.8 Å². The Morgan fingerprint density at radius 1 is 1.27 bits per heavy atom. The molecule has 0 aliphatic heterocycles. The van der Waals surface area contributed by atoms with Crippen LogP contribution in [0.3, 0.4) is 0 Å². The first-order valence-corrected chi connectivity index (χ1v) is 8.87. The van der Waals surface area contributed by atoms with Crippen molar-refractivity contribution in [2.24, 2.45) is 0 Å². The van der Waals surface area contributed by atoms with Gasteiger partial charge in [0.05, 0.1) is 0 Å². The second-order valence-corrected chi connectivity index (χ2v) is 8.43. The summed E-state index contributed by atoms with van der Waals surface area (Å²) in [5, 5.41) is 2.97. The summed E-state index contributed by atoms with van der Waals surface area (Å²) in [6.07, 6.45) is 0.229. The maximum atomic E-state index is 12.2. The minimum absolute atomic E-state index is 0.0322. The Balaban J connectivity index is 2.49. The molecule has 0 heterocycles. The Bertz CT molecular complexity index is 494. The van der Waals surface area contributed by atoms with Crippen molar-refractivity contribution >= 4 is 17.7 Å². The summed E-state index contributed by atoms with van der Waals surface area (Å²) in [5.41, 5.74) is 2.40. The highest BCUT2D eigenvalue weighted by atomic mass is 32.2. The first-order valence-electron chi connectivity index (χ1n) is 7.88. The van der Waals surface area contributed by atoms with Gasteiger partial charge in [-0.15, -0.1) is 0 Å². The molecule has 124 valence electrons. The first-order chi connectivity index (χ1) is 10.2. The summed E-state index contributed by atoms with van der Waals surface area (Å²) >= 11 is 1.85. The van der Waals surface area contributed by atoms with Crippen molar-refractivity contribution in [3.63, 3.8) is 0 Å². The Morgan fingerprint density at radius 2 is 1.95 bits per heavy atom. The third-order valence-electron chi connectivity index (χ3n) is 3.36. The molecule has 1 aromatic carbocycles. The lowest BCUT2D eigenvalue weighted by Crippen LogP contribution is -2.39. The normalized spacial score (nSPS) is 12.8. The topological polar surface area (TPSA) is 38.3 Å². The van der Waals surface area contributed by atoms with E-state index in [0.717, 1.165) is 11.5 Å². The van der Waals surface area contributed by atoms with E-state index in [1.165, 1.54) is 11.1 Å². The molecule has 0 saturated heterocycles. The van der Waals surface area contributed by atoms with Crippen LogP contribution in [0.15, 0.2) is 18.2 Å². The van der Waals surface area contributed by atoms with Gasteiger partial charge < -0.3 is 10.1 Å². The van der Waals surface area contributed by atoms with Gasteiger partial charge in [0, 0.05) is 17.0 Å². The molecule has 0 spiro atoms. The van der Waals surface area contributed by atoms with E-state index >= 15 is 0 Å².